The van der Waals surface area contributed by atoms with Crippen molar-refractivity contribution in [2.75, 3.05) is 27.3 Å². The predicted molar refractivity (Wildman–Crippen MR) is 135 cm³/mol. The molecule has 3 aromatic rings. The topological polar surface area (TPSA) is 93.1 Å². The summed E-state index contributed by atoms with van der Waals surface area (Å²) in [5.41, 5.74) is 1.47. The fourth-order valence-electron chi connectivity index (χ4n) is 5.10. The molecule has 0 radical (unpaired) electrons. The van der Waals surface area contributed by atoms with E-state index in [1.54, 1.807) is 67.6 Å². The zero-order chi connectivity index (χ0) is 26.7. The van der Waals surface area contributed by atoms with Crippen LogP contribution in [-0.2, 0) is 0 Å². The molecule has 0 bridgehead atoms. The number of hydrogen-bond acceptors (Lipinski definition) is 5. The molecule has 1 aliphatic rings. The van der Waals surface area contributed by atoms with Crippen LogP contribution >= 0.6 is 0 Å². The van der Waals surface area contributed by atoms with E-state index in [2.05, 4.69) is 0 Å². The number of ketones is 2. The summed E-state index contributed by atoms with van der Waals surface area (Å²) in [7, 11) is 2.97. The number of nitrogens with zero attached hydrogens (tertiary/aromatic N) is 1. The zero-order valence-corrected chi connectivity index (χ0v) is 20.8. The Hall–Kier alpha value is -4.20. The quantitative estimate of drug-likeness (QED) is 0.442. The molecule has 3 atom stereocenters. The Kier molecular flexibility index (Phi) is 7.57. The highest BCUT2D eigenvalue weighted by molar-refractivity contribution is 6.03. The first-order valence-corrected chi connectivity index (χ1v) is 11.8. The Labute approximate surface area is 214 Å². The van der Waals surface area contributed by atoms with E-state index in [1.165, 1.54) is 20.3 Å². The van der Waals surface area contributed by atoms with Crippen LogP contribution in [0.3, 0.4) is 0 Å². The molecule has 0 aliphatic carbocycles. The molecule has 192 valence electrons. The van der Waals surface area contributed by atoms with E-state index in [4.69, 9.17) is 9.47 Å². The Balaban J connectivity index is 1.88. The van der Waals surface area contributed by atoms with Crippen molar-refractivity contribution in [3.8, 4) is 11.5 Å². The lowest BCUT2D eigenvalue weighted by molar-refractivity contribution is 0.0571. The summed E-state index contributed by atoms with van der Waals surface area (Å²) >= 11 is 0. The second kappa shape index (κ2) is 10.8. The lowest BCUT2D eigenvalue weighted by atomic mass is 9.68. The van der Waals surface area contributed by atoms with Gasteiger partial charge in [-0.05, 0) is 48.4 Å². The number of hydrogen-bond donors (Lipinski definition) is 1. The highest BCUT2D eigenvalue weighted by Crippen LogP contribution is 2.42. The summed E-state index contributed by atoms with van der Waals surface area (Å²) in [6.07, 6.45) is -1.23. The number of carboxylic acid groups (broad SMARTS) is 1. The van der Waals surface area contributed by atoms with Gasteiger partial charge < -0.3 is 19.5 Å². The maximum Gasteiger partial charge on any atom is 0.407 e. The van der Waals surface area contributed by atoms with E-state index >= 15 is 0 Å². The minimum atomic E-state index is -1.23. The van der Waals surface area contributed by atoms with E-state index < -0.39 is 29.7 Å². The number of piperidine rings is 1. The normalized spacial score (nSPS) is 19.2. The molecule has 4 rings (SSSR count). The molecular formula is C29H28FNO6. The minimum absolute atomic E-state index is 0.131. The van der Waals surface area contributed by atoms with Gasteiger partial charge in [0.25, 0.3) is 0 Å². The van der Waals surface area contributed by atoms with Gasteiger partial charge in [0, 0.05) is 42.0 Å². The lowest BCUT2D eigenvalue weighted by Gasteiger charge is -2.42. The number of carbonyl (C=O) groups excluding carboxylic acids is 2. The standard InChI is InChI=1S/C29H28FNO6/c1-17-22(11-6-12-25(17)30)26-23(27(32)18-7-4-9-20(13-18)36-2)15-31(29(34)35)16-24(26)28(33)19-8-5-10-21(14-19)37-3/h4-14,23-24,26H,15-16H2,1-3H3,(H,34,35)/t23-,24+,26-. The van der Waals surface area contributed by atoms with Gasteiger partial charge >= 0.3 is 6.09 Å². The van der Waals surface area contributed by atoms with Crippen molar-refractivity contribution in [3.05, 3.63) is 94.8 Å². The molecule has 37 heavy (non-hydrogen) atoms. The van der Waals surface area contributed by atoms with Crippen LogP contribution in [-0.4, -0.2) is 55.0 Å². The van der Waals surface area contributed by atoms with Gasteiger partial charge in [0.05, 0.1) is 14.2 Å². The average molecular weight is 506 g/mol. The summed E-state index contributed by atoms with van der Waals surface area (Å²) in [5.74, 6) is -2.83. The summed E-state index contributed by atoms with van der Waals surface area (Å²) in [5, 5.41) is 9.90. The molecule has 1 fully saturated rings. The Bertz CT molecular complexity index is 1270. The van der Waals surface area contributed by atoms with Gasteiger partial charge in [-0.25, -0.2) is 9.18 Å². The van der Waals surface area contributed by atoms with E-state index in [9.17, 15) is 23.9 Å². The van der Waals surface area contributed by atoms with Crippen LogP contribution in [0.25, 0.3) is 0 Å². The van der Waals surface area contributed by atoms with Crippen LogP contribution in [0.1, 0.15) is 37.8 Å². The third kappa shape index (κ3) is 5.18. The number of rotatable bonds is 7. The Morgan fingerprint density at radius 2 is 1.32 bits per heavy atom. The van der Waals surface area contributed by atoms with Crippen molar-refractivity contribution >= 4 is 17.7 Å². The third-order valence-corrected chi connectivity index (χ3v) is 7.02. The molecule has 1 amide bonds. The fourth-order valence-corrected chi connectivity index (χ4v) is 5.10. The largest absolute Gasteiger partial charge is 0.497 e. The maximum absolute atomic E-state index is 14.7. The summed E-state index contributed by atoms with van der Waals surface area (Å²) in [6, 6.07) is 17.7. The van der Waals surface area contributed by atoms with Gasteiger partial charge in [-0.1, -0.05) is 36.4 Å². The highest BCUT2D eigenvalue weighted by atomic mass is 19.1. The summed E-state index contributed by atoms with van der Waals surface area (Å²) in [4.78, 5) is 41.1. The first kappa shape index (κ1) is 25.9. The van der Waals surface area contributed by atoms with Crippen molar-refractivity contribution in [2.45, 2.75) is 12.8 Å². The average Bonchev–Trinajstić information content (AvgIpc) is 2.93. The van der Waals surface area contributed by atoms with Crippen LogP contribution in [0.2, 0.25) is 0 Å². The molecule has 7 nitrogen and oxygen atoms in total. The number of ether oxygens (including phenoxy) is 2. The van der Waals surface area contributed by atoms with Crippen molar-refractivity contribution < 1.29 is 33.4 Å². The number of likely N-dealkylation sites (tertiary alicyclic amines) is 1. The molecule has 0 aromatic heterocycles. The molecule has 1 heterocycles. The maximum atomic E-state index is 14.7. The smallest absolute Gasteiger partial charge is 0.407 e. The number of amides is 1. The molecule has 8 heteroatoms. The number of Topliss-reactive ketones (excluding diaryl/α,β-unsaturated/α-hetero) is 2. The summed E-state index contributed by atoms with van der Waals surface area (Å²) in [6.45, 7) is 1.34. The van der Waals surface area contributed by atoms with Gasteiger partial charge in [-0.3, -0.25) is 9.59 Å². The van der Waals surface area contributed by atoms with Crippen molar-refractivity contribution in [1.29, 1.82) is 0 Å². The molecule has 1 saturated heterocycles. The molecule has 3 aromatic carbocycles. The number of methoxy groups -OCH3 is 2. The molecule has 0 unspecified atom stereocenters. The van der Waals surface area contributed by atoms with Crippen LogP contribution in [0.4, 0.5) is 9.18 Å². The van der Waals surface area contributed by atoms with Gasteiger partial charge in [-0.15, -0.1) is 0 Å². The van der Waals surface area contributed by atoms with Crippen LogP contribution in [0, 0.1) is 24.6 Å². The molecule has 1 aliphatic heterocycles. The summed E-state index contributed by atoms with van der Waals surface area (Å²) < 4.78 is 25.3. The van der Waals surface area contributed by atoms with E-state index in [-0.39, 0.29) is 24.7 Å². The van der Waals surface area contributed by atoms with Crippen molar-refractivity contribution in [3.63, 3.8) is 0 Å². The van der Waals surface area contributed by atoms with Crippen LogP contribution in [0.5, 0.6) is 11.5 Å². The van der Waals surface area contributed by atoms with Gasteiger partial charge in [0.1, 0.15) is 17.3 Å². The lowest BCUT2D eigenvalue weighted by Crippen LogP contribution is -2.52. The van der Waals surface area contributed by atoms with Gasteiger partial charge in [0.2, 0.25) is 0 Å². The zero-order valence-electron chi connectivity index (χ0n) is 20.8. The van der Waals surface area contributed by atoms with Crippen LogP contribution in [0.15, 0.2) is 66.7 Å². The van der Waals surface area contributed by atoms with Crippen molar-refractivity contribution in [2.24, 2.45) is 11.8 Å². The monoisotopic (exact) mass is 505 g/mol. The van der Waals surface area contributed by atoms with Crippen LogP contribution < -0.4 is 9.47 Å². The first-order chi connectivity index (χ1) is 17.7. The minimum Gasteiger partial charge on any atom is -0.497 e. The fraction of sp³-hybridized carbons (Fsp3) is 0.276. The highest BCUT2D eigenvalue weighted by Gasteiger charge is 2.46. The van der Waals surface area contributed by atoms with E-state index in [0.717, 1.165) is 4.90 Å². The second-order valence-corrected chi connectivity index (χ2v) is 9.07. The molecular weight excluding hydrogens is 477 g/mol. The van der Waals surface area contributed by atoms with E-state index in [0.29, 0.717) is 33.8 Å². The van der Waals surface area contributed by atoms with Gasteiger partial charge in [-0.2, -0.15) is 0 Å². The molecule has 1 N–H and O–H groups in total. The predicted octanol–water partition coefficient (Wildman–Crippen LogP) is 5.23. The third-order valence-electron chi connectivity index (χ3n) is 7.02. The van der Waals surface area contributed by atoms with Crippen molar-refractivity contribution in [1.82, 2.24) is 4.90 Å². The molecule has 0 saturated carbocycles. The molecule has 0 spiro atoms. The van der Waals surface area contributed by atoms with E-state index in [1.807, 2.05) is 0 Å². The number of benzene rings is 3. The second-order valence-electron chi connectivity index (χ2n) is 9.07. The SMILES string of the molecule is COc1cccc(C(=O)[C@H]2CN(C(=O)O)C[C@@H](C(=O)c3cccc(OC)c3)[C@H]2c2cccc(F)c2C)c1. The Morgan fingerprint density at radius 3 is 1.78 bits per heavy atom. The Morgan fingerprint density at radius 1 is 0.838 bits per heavy atom. The first-order valence-electron chi connectivity index (χ1n) is 11.8. The number of halogens is 1. The number of carbonyl (C=O) groups is 3. The van der Waals surface area contributed by atoms with Gasteiger partial charge in [0.15, 0.2) is 11.6 Å².